The van der Waals surface area contributed by atoms with Gasteiger partial charge in [-0.15, -0.1) is 0 Å². The Balaban J connectivity index is 2.43. The maximum absolute atomic E-state index is 11.7. The molecule has 0 radical (unpaired) electrons. The Kier molecular flexibility index (Phi) is 4.11. The highest BCUT2D eigenvalue weighted by Crippen LogP contribution is 2.31. The smallest absolute Gasteiger partial charge is 0.239 e. The zero-order valence-electron chi connectivity index (χ0n) is 10.1. The second-order valence-corrected chi connectivity index (χ2v) is 6.95. The van der Waals surface area contributed by atoms with Crippen molar-refractivity contribution >= 4 is 26.0 Å². The molecule has 1 aliphatic rings. The third-order valence-corrected chi connectivity index (χ3v) is 5.51. The number of hydrogen-bond acceptors (Lipinski definition) is 3. The molecule has 0 spiro atoms. The third-order valence-electron chi connectivity index (χ3n) is 3.19. The zero-order valence-corrected chi connectivity index (χ0v) is 12.6. The molecule has 2 rings (SSSR count). The van der Waals surface area contributed by atoms with Gasteiger partial charge >= 0.3 is 0 Å². The molecule has 6 heteroatoms. The Labute approximate surface area is 116 Å². The molecule has 1 aromatic rings. The summed E-state index contributed by atoms with van der Waals surface area (Å²) in [7, 11) is -3.72. The van der Waals surface area contributed by atoms with Crippen LogP contribution in [-0.4, -0.2) is 21.6 Å². The maximum Gasteiger partial charge on any atom is 0.239 e. The number of sulfonamides is 1. The summed E-state index contributed by atoms with van der Waals surface area (Å²) in [6.07, 6.45) is 1.65. The molecule has 0 bridgehead atoms. The van der Waals surface area contributed by atoms with Crippen LogP contribution in [-0.2, 0) is 21.2 Å². The van der Waals surface area contributed by atoms with E-state index in [1.807, 2.05) is 19.1 Å². The van der Waals surface area contributed by atoms with E-state index in [4.69, 9.17) is 9.88 Å². The number of rotatable bonds is 3. The van der Waals surface area contributed by atoms with Crippen LogP contribution in [0.2, 0.25) is 0 Å². The number of halogens is 1. The molecule has 0 saturated carbocycles. The van der Waals surface area contributed by atoms with Gasteiger partial charge in [-0.2, -0.15) is 0 Å². The van der Waals surface area contributed by atoms with Crippen LogP contribution < -0.4 is 5.14 Å². The van der Waals surface area contributed by atoms with Crippen molar-refractivity contribution in [2.45, 2.75) is 24.7 Å². The minimum atomic E-state index is -3.72. The van der Waals surface area contributed by atoms with E-state index >= 15 is 0 Å². The van der Waals surface area contributed by atoms with Crippen molar-refractivity contribution < 1.29 is 13.2 Å². The normalized spacial score (nSPS) is 20.3. The van der Waals surface area contributed by atoms with Crippen LogP contribution in [0.3, 0.4) is 0 Å². The van der Waals surface area contributed by atoms with Crippen LogP contribution in [0.5, 0.6) is 0 Å². The van der Waals surface area contributed by atoms with Gasteiger partial charge in [-0.05, 0) is 52.7 Å². The molecule has 0 unspecified atom stereocenters. The number of ether oxygens (including phenoxy) is 1. The Bertz CT molecular complexity index is 551. The quantitative estimate of drug-likeness (QED) is 0.919. The Hall–Kier alpha value is -0.430. The minimum Gasteiger partial charge on any atom is -0.381 e. The van der Waals surface area contributed by atoms with Gasteiger partial charge in [0.1, 0.15) is 0 Å². The van der Waals surface area contributed by atoms with Gasteiger partial charge in [-0.3, -0.25) is 0 Å². The SMILES string of the molecule is Cc1ccc(C[C@@H]2CCOC2)c(S(N)(=O)=O)c1Br. The fourth-order valence-electron chi connectivity index (χ4n) is 2.22. The van der Waals surface area contributed by atoms with Crippen molar-refractivity contribution in [2.24, 2.45) is 11.1 Å². The molecule has 1 heterocycles. The average molecular weight is 334 g/mol. The molecule has 1 fully saturated rings. The van der Waals surface area contributed by atoms with Crippen molar-refractivity contribution in [3.05, 3.63) is 27.7 Å². The topological polar surface area (TPSA) is 69.4 Å². The molecule has 2 N–H and O–H groups in total. The molecular formula is C12H16BrNO3S. The van der Waals surface area contributed by atoms with E-state index < -0.39 is 10.0 Å². The Morgan fingerprint density at radius 3 is 2.78 bits per heavy atom. The largest absolute Gasteiger partial charge is 0.381 e. The summed E-state index contributed by atoms with van der Waals surface area (Å²) >= 11 is 3.33. The summed E-state index contributed by atoms with van der Waals surface area (Å²) in [5.74, 6) is 0.375. The van der Waals surface area contributed by atoms with E-state index in [0.29, 0.717) is 23.4 Å². The van der Waals surface area contributed by atoms with E-state index in [0.717, 1.165) is 24.2 Å². The first-order valence-corrected chi connectivity index (χ1v) is 8.12. The number of primary sulfonamides is 1. The summed E-state index contributed by atoms with van der Waals surface area (Å²) in [5, 5.41) is 5.31. The molecule has 0 aliphatic carbocycles. The third kappa shape index (κ3) is 2.93. The minimum absolute atomic E-state index is 0.217. The lowest BCUT2D eigenvalue weighted by Crippen LogP contribution is -2.17. The lowest BCUT2D eigenvalue weighted by molar-refractivity contribution is 0.185. The lowest BCUT2D eigenvalue weighted by atomic mass is 9.98. The number of nitrogens with two attached hydrogens (primary N) is 1. The van der Waals surface area contributed by atoms with Gasteiger partial charge < -0.3 is 4.74 Å². The summed E-state index contributed by atoms with van der Waals surface area (Å²) in [4.78, 5) is 0.217. The van der Waals surface area contributed by atoms with Gasteiger partial charge in [-0.1, -0.05) is 12.1 Å². The van der Waals surface area contributed by atoms with Gasteiger partial charge in [0.2, 0.25) is 10.0 Å². The summed E-state index contributed by atoms with van der Waals surface area (Å²) in [5.41, 5.74) is 1.64. The molecule has 0 aromatic heterocycles. The van der Waals surface area contributed by atoms with Gasteiger partial charge in [-0.25, -0.2) is 13.6 Å². The van der Waals surface area contributed by atoms with Crippen LogP contribution in [0.4, 0.5) is 0 Å². The van der Waals surface area contributed by atoms with Crippen molar-refractivity contribution in [3.63, 3.8) is 0 Å². The van der Waals surface area contributed by atoms with E-state index in [1.165, 1.54) is 0 Å². The van der Waals surface area contributed by atoms with Crippen LogP contribution in [0.15, 0.2) is 21.5 Å². The van der Waals surface area contributed by atoms with E-state index in [2.05, 4.69) is 15.9 Å². The van der Waals surface area contributed by atoms with Gasteiger partial charge in [0.25, 0.3) is 0 Å². The molecular weight excluding hydrogens is 318 g/mol. The van der Waals surface area contributed by atoms with Crippen molar-refractivity contribution in [3.8, 4) is 0 Å². The second kappa shape index (κ2) is 5.28. The first-order chi connectivity index (χ1) is 8.39. The van der Waals surface area contributed by atoms with Crippen LogP contribution in [0, 0.1) is 12.8 Å². The molecule has 1 atom stereocenters. The van der Waals surface area contributed by atoms with Gasteiger partial charge in [0.15, 0.2) is 0 Å². The van der Waals surface area contributed by atoms with E-state index in [9.17, 15) is 8.42 Å². The number of benzene rings is 1. The molecule has 4 nitrogen and oxygen atoms in total. The highest BCUT2D eigenvalue weighted by molar-refractivity contribution is 9.10. The summed E-state index contributed by atoms with van der Waals surface area (Å²) in [6.45, 7) is 3.29. The predicted molar refractivity (Wildman–Crippen MR) is 72.9 cm³/mol. The summed E-state index contributed by atoms with van der Waals surface area (Å²) in [6, 6.07) is 3.75. The molecule has 1 aliphatic heterocycles. The highest BCUT2D eigenvalue weighted by atomic mass is 79.9. The van der Waals surface area contributed by atoms with Gasteiger partial charge in [0, 0.05) is 17.7 Å². The average Bonchev–Trinajstić information content (AvgIpc) is 2.74. The molecule has 100 valence electrons. The number of hydrogen-bond donors (Lipinski definition) is 1. The van der Waals surface area contributed by atoms with Crippen LogP contribution >= 0.6 is 15.9 Å². The highest BCUT2D eigenvalue weighted by Gasteiger charge is 2.23. The first kappa shape index (κ1) is 14.0. The first-order valence-electron chi connectivity index (χ1n) is 5.78. The molecule has 18 heavy (non-hydrogen) atoms. The fraction of sp³-hybridized carbons (Fsp3) is 0.500. The lowest BCUT2D eigenvalue weighted by Gasteiger charge is -2.14. The van der Waals surface area contributed by atoms with E-state index in [1.54, 1.807) is 0 Å². The maximum atomic E-state index is 11.7. The fourth-order valence-corrected chi connectivity index (χ4v) is 4.21. The molecule has 0 amide bonds. The van der Waals surface area contributed by atoms with E-state index in [-0.39, 0.29) is 4.90 Å². The summed E-state index contributed by atoms with van der Waals surface area (Å²) < 4.78 is 29.3. The predicted octanol–water partition coefficient (Wildman–Crippen LogP) is 1.98. The van der Waals surface area contributed by atoms with Crippen molar-refractivity contribution in [1.29, 1.82) is 0 Å². The monoisotopic (exact) mass is 333 g/mol. The number of aryl methyl sites for hydroxylation is 1. The van der Waals surface area contributed by atoms with Gasteiger partial charge in [0.05, 0.1) is 4.90 Å². The zero-order chi connectivity index (χ0) is 13.3. The molecule has 1 aromatic carbocycles. The standard InChI is InChI=1S/C12H16BrNO3S/c1-8-2-3-10(6-9-4-5-17-7-9)12(11(8)13)18(14,15)16/h2-3,9H,4-7H2,1H3,(H2,14,15,16)/t9-/m0/s1. The second-order valence-electron chi connectivity index (χ2n) is 4.66. The molecule has 1 saturated heterocycles. The van der Waals surface area contributed by atoms with Crippen molar-refractivity contribution in [2.75, 3.05) is 13.2 Å². The van der Waals surface area contributed by atoms with Crippen LogP contribution in [0.25, 0.3) is 0 Å². The Morgan fingerprint density at radius 2 is 2.22 bits per heavy atom. The van der Waals surface area contributed by atoms with Crippen LogP contribution in [0.1, 0.15) is 17.5 Å². The van der Waals surface area contributed by atoms with Crippen molar-refractivity contribution in [1.82, 2.24) is 0 Å². The Morgan fingerprint density at radius 1 is 1.50 bits per heavy atom.